The van der Waals surface area contributed by atoms with Crippen LogP contribution in [0.2, 0.25) is 0 Å². The van der Waals surface area contributed by atoms with Crippen LogP contribution in [0, 0.1) is 11.3 Å². The Morgan fingerprint density at radius 1 is 1.24 bits per heavy atom. The molecule has 3 rings (SSSR count). The van der Waals surface area contributed by atoms with Crippen molar-refractivity contribution in [2.75, 3.05) is 23.8 Å². The summed E-state index contributed by atoms with van der Waals surface area (Å²) in [6.45, 7) is 1.90. The van der Waals surface area contributed by atoms with Gasteiger partial charge in [0.15, 0.2) is 11.5 Å². The molecule has 0 saturated carbocycles. The van der Waals surface area contributed by atoms with E-state index in [-0.39, 0.29) is 11.7 Å². The monoisotopic (exact) mass is 392 g/mol. The molecule has 2 aromatic carbocycles. The molecular weight excluding hydrogens is 372 g/mol. The molecule has 0 spiro atoms. The first-order valence-corrected chi connectivity index (χ1v) is 8.92. The second kappa shape index (κ2) is 8.80. The van der Waals surface area contributed by atoms with Crippen molar-refractivity contribution in [3.8, 4) is 17.6 Å². The molecule has 8 heteroatoms. The van der Waals surface area contributed by atoms with Gasteiger partial charge in [0.2, 0.25) is 5.91 Å². The molecule has 3 N–H and O–H groups in total. The van der Waals surface area contributed by atoms with Gasteiger partial charge in [-0.25, -0.2) is 4.90 Å². The number of rotatable bonds is 5. The molecule has 29 heavy (non-hydrogen) atoms. The van der Waals surface area contributed by atoms with E-state index in [1.807, 2.05) is 24.3 Å². The fourth-order valence-electron chi connectivity index (χ4n) is 2.78. The molecule has 0 aromatic heterocycles. The molecule has 0 saturated heterocycles. The molecule has 1 heterocycles. The first-order valence-electron chi connectivity index (χ1n) is 8.92. The van der Waals surface area contributed by atoms with Crippen LogP contribution in [0.1, 0.15) is 6.92 Å². The van der Waals surface area contributed by atoms with Crippen LogP contribution in [-0.4, -0.2) is 31.1 Å². The van der Waals surface area contributed by atoms with Crippen molar-refractivity contribution in [2.45, 2.75) is 13.0 Å². The van der Waals surface area contributed by atoms with E-state index in [0.717, 1.165) is 4.90 Å². The van der Waals surface area contributed by atoms with Crippen LogP contribution in [0.4, 0.5) is 11.4 Å². The van der Waals surface area contributed by atoms with Crippen molar-refractivity contribution in [2.24, 2.45) is 0 Å². The first kappa shape index (κ1) is 19.8. The van der Waals surface area contributed by atoms with E-state index in [1.165, 1.54) is 13.1 Å². The maximum Gasteiger partial charge on any atom is 0.277 e. The Bertz CT molecular complexity index is 979. The van der Waals surface area contributed by atoms with Crippen LogP contribution in [0.3, 0.4) is 0 Å². The summed E-state index contributed by atoms with van der Waals surface area (Å²) in [4.78, 5) is 25.7. The summed E-state index contributed by atoms with van der Waals surface area (Å²) in [5.41, 5.74) is 6.26. The third kappa shape index (κ3) is 4.65. The van der Waals surface area contributed by atoms with E-state index in [2.05, 4.69) is 5.32 Å². The number of amides is 2. The number of fused-ring (bicyclic) bond motifs is 1. The number of nitrogens with one attached hydrogen (secondary N) is 1. The van der Waals surface area contributed by atoms with Gasteiger partial charge in [-0.15, -0.1) is 0 Å². The van der Waals surface area contributed by atoms with E-state index in [4.69, 9.17) is 15.2 Å². The molecule has 1 atom stereocenters. The average Bonchev–Trinajstić information content (AvgIpc) is 2.72. The predicted octanol–water partition coefficient (Wildman–Crippen LogP) is 1.99. The number of benzene rings is 2. The number of nitriles is 1. The lowest BCUT2D eigenvalue weighted by molar-refractivity contribution is -0.123. The Balaban J connectivity index is 1.67. The Morgan fingerprint density at radius 2 is 1.93 bits per heavy atom. The number of hydrogen-bond acceptors (Lipinski definition) is 7. The standard InChI is InChI=1S/C21H20N4O4/c1-14(26)25(17-8-6-16(23)7-9-17)21(27)15(10-22)11-24-12-18-13-28-19-4-2-3-5-20(19)29-18/h2-9,11,18,24H,12-13,23H2,1H3/b15-11-. The number of carbonyl (C=O) groups excluding carboxylic acids is 2. The predicted molar refractivity (Wildman–Crippen MR) is 107 cm³/mol. The number of ether oxygens (including phenoxy) is 2. The van der Waals surface area contributed by atoms with Crippen LogP contribution in [0.15, 0.2) is 60.3 Å². The van der Waals surface area contributed by atoms with Crippen LogP contribution in [-0.2, 0) is 9.59 Å². The fourth-order valence-corrected chi connectivity index (χ4v) is 2.78. The lowest BCUT2D eigenvalue weighted by Crippen LogP contribution is -2.38. The quantitative estimate of drug-likeness (QED) is 0.454. The topological polar surface area (TPSA) is 118 Å². The van der Waals surface area contributed by atoms with Crippen molar-refractivity contribution in [1.29, 1.82) is 5.26 Å². The average molecular weight is 392 g/mol. The van der Waals surface area contributed by atoms with Crippen molar-refractivity contribution < 1.29 is 19.1 Å². The number of hydrogen-bond donors (Lipinski definition) is 2. The molecule has 1 aliphatic rings. The lowest BCUT2D eigenvalue weighted by Gasteiger charge is -2.26. The van der Waals surface area contributed by atoms with Gasteiger partial charge in [-0.3, -0.25) is 9.59 Å². The second-order valence-electron chi connectivity index (χ2n) is 6.33. The summed E-state index contributed by atoms with van der Waals surface area (Å²) in [5.74, 6) is 0.0648. The van der Waals surface area contributed by atoms with Crippen LogP contribution in [0.25, 0.3) is 0 Å². The highest BCUT2D eigenvalue weighted by Gasteiger charge is 2.24. The maximum absolute atomic E-state index is 12.7. The Hall–Kier alpha value is -3.99. The molecule has 2 amide bonds. The zero-order valence-electron chi connectivity index (χ0n) is 15.8. The largest absolute Gasteiger partial charge is 0.486 e. The molecule has 2 aromatic rings. The van der Waals surface area contributed by atoms with Gasteiger partial charge in [-0.1, -0.05) is 12.1 Å². The summed E-state index contributed by atoms with van der Waals surface area (Å²) in [6.07, 6.45) is 0.983. The molecule has 0 bridgehead atoms. The number of anilines is 2. The van der Waals surface area contributed by atoms with Gasteiger partial charge in [-0.2, -0.15) is 5.26 Å². The molecule has 0 fully saturated rings. The van der Waals surface area contributed by atoms with E-state index < -0.39 is 11.8 Å². The van der Waals surface area contributed by atoms with Crippen molar-refractivity contribution >= 4 is 23.2 Å². The van der Waals surface area contributed by atoms with Gasteiger partial charge in [0.25, 0.3) is 5.91 Å². The smallest absolute Gasteiger partial charge is 0.277 e. The molecule has 0 aliphatic carbocycles. The summed E-state index contributed by atoms with van der Waals surface area (Å²) in [7, 11) is 0. The SMILES string of the molecule is CC(=O)N(C(=O)/C(C#N)=C\NCC1COc2ccccc2O1)c1ccc(N)cc1. The number of nitrogens with two attached hydrogens (primary N) is 1. The van der Waals surface area contributed by atoms with Crippen LogP contribution < -0.4 is 25.4 Å². The zero-order chi connectivity index (χ0) is 20.8. The fraction of sp³-hybridized carbons (Fsp3) is 0.190. The number of nitrogen functional groups attached to an aromatic ring is 1. The number of carbonyl (C=O) groups is 2. The Kier molecular flexibility index (Phi) is 6.00. The van der Waals surface area contributed by atoms with Crippen LogP contribution in [0.5, 0.6) is 11.5 Å². The van der Waals surface area contributed by atoms with E-state index in [9.17, 15) is 14.9 Å². The van der Waals surface area contributed by atoms with Gasteiger partial charge in [0.1, 0.15) is 24.4 Å². The van der Waals surface area contributed by atoms with Gasteiger partial charge in [-0.05, 0) is 36.4 Å². The number of para-hydroxylation sites is 2. The van der Waals surface area contributed by atoms with Gasteiger partial charge in [0.05, 0.1) is 12.2 Å². The van der Waals surface area contributed by atoms with Crippen molar-refractivity contribution in [1.82, 2.24) is 5.32 Å². The zero-order valence-corrected chi connectivity index (χ0v) is 15.8. The number of imide groups is 1. The van der Waals surface area contributed by atoms with E-state index in [1.54, 1.807) is 30.3 Å². The molecule has 8 nitrogen and oxygen atoms in total. The second-order valence-corrected chi connectivity index (χ2v) is 6.33. The highest BCUT2D eigenvalue weighted by Crippen LogP contribution is 2.30. The lowest BCUT2D eigenvalue weighted by atomic mass is 10.2. The summed E-state index contributed by atoms with van der Waals surface area (Å²) in [6, 6.07) is 15.4. The molecule has 1 unspecified atom stereocenters. The molecular formula is C21H20N4O4. The number of nitrogens with zero attached hydrogens (tertiary/aromatic N) is 2. The Labute approximate surface area is 168 Å². The molecule has 0 radical (unpaired) electrons. The third-order valence-electron chi connectivity index (χ3n) is 4.18. The summed E-state index contributed by atoms with van der Waals surface area (Å²) >= 11 is 0. The maximum atomic E-state index is 12.7. The minimum atomic E-state index is -0.733. The molecule has 1 aliphatic heterocycles. The van der Waals surface area contributed by atoms with Crippen molar-refractivity contribution in [3.63, 3.8) is 0 Å². The van der Waals surface area contributed by atoms with Gasteiger partial charge < -0.3 is 20.5 Å². The Morgan fingerprint density at radius 3 is 2.59 bits per heavy atom. The summed E-state index contributed by atoms with van der Waals surface area (Å²) in [5, 5.41) is 12.3. The highest BCUT2D eigenvalue weighted by atomic mass is 16.6. The van der Waals surface area contributed by atoms with Gasteiger partial charge in [0, 0.05) is 18.8 Å². The minimum Gasteiger partial charge on any atom is -0.486 e. The summed E-state index contributed by atoms with van der Waals surface area (Å²) < 4.78 is 11.4. The van der Waals surface area contributed by atoms with Crippen molar-refractivity contribution in [3.05, 3.63) is 60.3 Å². The highest BCUT2D eigenvalue weighted by molar-refractivity contribution is 6.21. The van der Waals surface area contributed by atoms with E-state index >= 15 is 0 Å². The van der Waals surface area contributed by atoms with Crippen LogP contribution >= 0.6 is 0 Å². The van der Waals surface area contributed by atoms with Gasteiger partial charge >= 0.3 is 0 Å². The van der Waals surface area contributed by atoms with E-state index in [0.29, 0.717) is 36.0 Å². The third-order valence-corrected chi connectivity index (χ3v) is 4.18. The normalized spacial score (nSPS) is 15.2. The minimum absolute atomic E-state index is 0.214. The first-order chi connectivity index (χ1) is 14.0. The molecule has 148 valence electrons.